The van der Waals surface area contributed by atoms with Crippen LogP contribution in [0.4, 0.5) is 10.1 Å². The molecule has 1 aliphatic heterocycles. The molecule has 0 amide bonds. The first-order chi connectivity index (χ1) is 13.5. The number of halogens is 1. The number of ether oxygens (including phenoxy) is 1. The van der Waals surface area contributed by atoms with E-state index in [1.165, 1.54) is 31.4 Å². The van der Waals surface area contributed by atoms with Crippen LogP contribution in [0.5, 0.6) is 0 Å². The van der Waals surface area contributed by atoms with E-state index in [2.05, 4.69) is 30.4 Å². The van der Waals surface area contributed by atoms with E-state index in [1.807, 2.05) is 0 Å². The fourth-order valence-electron chi connectivity index (χ4n) is 3.45. The van der Waals surface area contributed by atoms with Gasteiger partial charge < -0.3 is 4.74 Å². The van der Waals surface area contributed by atoms with E-state index >= 15 is 0 Å². The third kappa shape index (κ3) is 4.96. The van der Waals surface area contributed by atoms with Gasteiger partial charge in [-0.15, -0.1) is 11.3 Å². The van der Waals surface area contributed by atoms with Crippen molar-refractivity contribution in [1.29, 1.82) is 0 Å². The zero-order valence-electron chi connectivity index (χ0n) is 16.9. The normalized spacial score (nSPS) is 15.1. The number of benzene rings is 1. The van der Waals surface area contributed by atoms with Gasteiger partial charge in [0.1, 0.15) is 5.82 Å². The third-order valence-corrected chi connectivity index (χ3v) is 7.65. The van der Waals surface area contributed by atoms with E-state index in [4.69, 9.17) is 4.74 Å². The summed E-state index contributed by atoms with van der Waals surface area (Å²) in [5.74, 6) is -1.13. The number of carbonyl (C=O) groups excluding carboxylic acids is 1. The van der Waals surface area contributed by atoms with Crippen molar-refractivity contribution in [3.63, 3.8) is 0 Å². The van der Waals surface area contributed by atoms with Gasteiger partial charge in [0.25, 0.3) is 10.0 Å². The van der Waals surface area contributed by atoms with E-state index < -0.39 is 21.8 Å². The number of hydrogen-bond acceptors (Lipinski definition) is 6. The molecule has 2 aromatic rings. The second-order valence-corrected chi connectivity index (χ2v) is 11.3. The second kappa shape index (κ2) is 8.04. The summed E-state index contributed by atoms with van der Waals surface area (Å²) >= 11 is 1.10. The average molecular weight is 441 g/mol. The first-order valence-corrected chi connectivity index (χ1v) is 11.5. The molecule has 0 saturated heterocycles. The molecule has 0 saturated carbocycles. The number of fused-ring (bicyclic) bond motifs is 1. The van der Waals surface area contributed by atoms with Crippen LogP contribution >= 0.6 is 11.3 Å². The van der Waals surface area contributed by atoms with Crippen molar-refractivity contribution in [3.05, 3.63) is 46.1 Å². The Labute approximate surface area is 174 Å². The molecular weight excluding hydrogens is 415 g/mol. The molecule has 29 heavy (non-hydrogen) atoms. The third-order valence-electron chi connectivity index (χ3n) is 4.53. The molecule has 1 aromatic carbocycles. The van der Waals surface area contributed by atoms with Gasteiger partial charge in [-0.25, -0.2) is 17.6 Å². The molecule has 2 heterocycles. The van der Waals surface area contributed by atoms with E-state index in [0.29, 0.717) is 13.0 Å². The average Bonchev–Trinajstić information content (AvgIpc) is 3.01. The zero-order valence-corrected chi connectivity index (χ0v) is 18.5. The highest BCUT2D eigenvalue weighted by molar-refractivity contribution is 7.94. The standard InChI is InChI=1S/C20H25FN2O4S2/c1-20(2,3)12-23-10-9-15-16(11-23)28-19(17(15)18(24)27-4)29(25,26)22-14-7-5-13(21)6-8-14/h5-8,22H,9-12H2,1-4H3. The maximum Gasteiger partial charge on any atom is 0.340 e. The number of esters is 1. The molecule has 0 atom stereocenters. The van der Waals surface area contributed by atoms with Crippen LogP contribution in [-0.2, 0) is 27.7 Å². The lowest BCUT2D eigenvalue weighted by atomic mass is 9.94. The number of anilines is 1. The predicted molar refractivity (Wildman–Crippen MR) is 111 cm³/mol. The van der Waals surface area contributed by atoms with Crippen LogP contribution in [0.3, 0.4) is 0 Å². The van der Waals surface area contributed by atoms with Crippen molar-refractivity contribution in [2.75, 3.05) is 24.9 Å². The topological polar surface area (TPSA) is 75.7 Å². The maximum atomic E-state index is 13.1. The summed E-state index contributed by atoms with van der Waals surface area (Å²) in [5, 5.41) is 0. The second-order valence-electron chi connectivity index (χ2n) is 8.29. The number of thiophene rings is 1. The van der Waals surface area contributed by atoms with Gasteiger partial charge in [0.05, 0.1) is 12.7 Å². The fourth-order valence-corrected chi connectivity index (χ4v) is 6.44. The Morgan fingerprint density at radius 3 is 2.52 bits per heavy atom. The van der Waals surface area contributed by atoms with Gasteiger partial charge in [-0.05, 0) is 41.7 Å². The number of methoxy groups -OCH3 is 1. The molecule has 1 N–H and O–H groups in total. The molecule has 158 valence electrons. The monoisotopic (exact) mass is 440 g/mol. The van der Waals surface area contributed by atoms with E-state index in [0.717, 1.165) is 34.9 Å². The van der Waals surface area contributed by atoms with Gasteiger partial charge >= 0.3 is 5.97 Å². The van der Waals surface area contributed by atoms with Gasteiger partial charge in [0.15, 0.2) is 4.21 Å². The summed E-state index contributed by atoms with van der Waals surface area (Å²) in [6, 6.07) is 5.01. The van der Waals surface area contributed by atoms with Crippen LogP contribution in [0.25, 0.3) is 0 Å². The molecule has 0 unspecified atom stereocenters. The molecule has 6 nitrogen and oxygen atoms in total. The number of nitrogens with one attached hydrogen (secondary N) is 1. The Kier molecular flexibility index (Phi) is 6.03. The van der Waals surface area contributed by atoms with Gasteiger partial charge in [-0.2, -0.15) is 0 Å². The number of nitrogens with zero attached hydrogens (tertiary/aromatic N) is 1. The minimum Gasteiger partial charge on any atom is -0.465 e. The summed E-state index contributed by atoms with van der Waals surface area (Å²) in [4.78, 5) is 15.6. The van der Waals surface area contributed by atoms with Gasteiger partial charge in [-0.1, -0.05) is 20.8 Å². The lowest BCUT2D eigenvalue weighted by molar-refractivity contribution is 0.0595. The van der Waals surface area contributed by atoms with Gasteiger partial charge in [-0.3, -0.25) is 9.62 Å². The van der Waals surface area contributed by atoms with Crippen molar-refractivity contribution >= 4 is 33.0 Å². The molecule has 1 aromatic heterocycles. The van der Waals surface area contributed by atoms with Crippen molar-refractivity contribution in [3.8, 4) is 0 Å². The molecule has 0 aliphatic carbocycles. The Morgan fingerprint density at radius 1 is 1.28 bits per heavy atom. The molecular formula is C20H25FN2O4S2. The van der Waals surface area contributed by atoms with Crippen LogP contribution in [-0.4, -0.2) is 39.5 Å². The molecule has 0 bridgehead atoms. The number of rotatable bonds is 5. The SMILES string of the molecule is COC(=O)c1c(S(=O)(=O)Nc2ccc(F)cc2)sc2c1CCN(CC(C)(C)C)C2. The van der Waals surface area contributed by atoms with Crippen LogP contribution in [0.1, 0.15) is 41.6 Å². The molecule has 9 heteroatoms. The number of carbonyl (C=O) groups is 1. The van der Waals surface area contributed by atoms with Gasteiger partial charge in [0, 0.05) is 30.2 Å². The van der Waals surface area contributed by atoms with Gasteiger partial charge in [0.2, 0.25) is 0 Å². The summed E-state index contributed by atoms with van der Waals surface area (Å²) < 4.78 is 46.5. The summed E-state index contributed by atoms with van der Waals surface area (Å²) in [7, 11) is -2.79. The Morgan fingerprint density at radius 2 is 1.93 bits per heavy atom. The smallest absolute Gasteiger partial charge is 0.340 e. The molecule has 0 spiro atoms. The first kappa shape index (κ1) is 21.7. The summed E-state index contributed by atoms with van der Waals surface area (Å²) in [5.41, 5.74) is 1.19. The zero-order chi connectivity index (χ0) is 21.4. The predicted octanol–water partition coefficient (Wildman–Crippen LogP) is 3.88. The summed E-state index contributed by atoms with van der Waals surface area (Å²) in [6.07, 6.45) is 0.582. The van der Waals surface area contributed by atoms with Crippen LogP contribution in [0.15, 0.2) is 28.5 Å². The highest BCUT2D eigenvalue weighted by Crippen LogP contribution is 2.38. The lowest BCUT2D eigenvalue weighted by Gasteiger charge is -2.32. The molecule has 0 fully saturated rings. The van der Waals surface area contributed by atoms with Crippen LogP contribution in [0.2, 0.25) is 0 Å². The minimum atomic E-state index is -4.03. The Hall–Kier alpha value is -1.97. The van der Waals surface area contributed by atoms with E-state index in [9.17, 15) is 17.6 Å². The van der Waals surface area contributed by atoms with Crippen molar-refractivity contribution in [2.45, 2.75) is 37.9 Å². The highest BCUT2D eigenvalue weighted by atomic mass is 32.2. The van der Waals surface area contributed by atoms with Crippen molar-refractivity contribution in [1.82, 2.24) is 4.90 Å². The van der Waals surface area contributed by atoms with E-state index in [1.54, 1.807) is 0 Å². The Bertz CT molecular complexity index is 1010. The fraction of sp³-hybridized carbons (Fsp3) is 0.450. The number of hydrogen-bond donors (Lipinski definition) is 1. The minimum absolute atomic E-state index is 0.0590. The molecule has 0 radical (unpaired) electrons. The maximum absolute atomic E-state index is 13.1. The lowest BCUT2D eigenvalue weighted by Crippen LogP contribution is -2.36. The van der Waals surface area contributed by atoms with Crippen LogP contribution in [0, 0.1) is 11.2 Å². The highest BCUT2D eigenvalue weighted by Gasteiger charge is 2.34. The largest absolute Gasteiger partial charge is 0.465 e. The van der Waals surface area contributed by atoms with Crippen LogP contribution < -0.4 is 4.72 Å². The quantitative estimate of drug-likeness (QED) is 0.714. The van der Waals surface area contributed by atoms with Crippen molar-refractivity contribution < 1.29 is 22.3 Å². The van der Waals surface area contributed by atoms with Crippen molar-refractivity contribution in [2.24, 2.45) is 5.41 Å². The summed E-state index contributed by atoms with van der Waals surface area (Å²) in [6.45, 7) is 8.66. The number of sulfonamides is 1. The Balaban J connectivity index is 1.98. The molecule has 3 rings (SSSR count). The van der Waals surface area contributed by atoms with E-state index in [-0.39, 0.29) is 20.9 Å². The first-order valence-electron chi connectivity index (χ1n) is 9.24. The molecule has 1 aliphatic rings.